The third-order valence-corrected chi connectivity index (χ3v) is 6.34. The number of nitrogens with zero attached hydrogens (tertiary/aromatic N) is 4. The molecular weight excluding hydrogens is 406 g/mol. The number of anilines is 2. The topological polar surface area (TPSA) is 83.7 Å². The molecule has 1 amide bonds. The lowest BCUT2D eigenvalue weighted by atomic mass is 10.0. The minimum atomic E-state index is -0.0828. The predicted molar refractivity (Wildman–Crippen MR) is 123 cm³/mol. The third kappa shape index (κ3) is 4.27. The number of piperidine rings is 1. The van der Waals surface area contributed by atoms with Gasteiger partial charge in [0, 0.05) is 43.7 Å². The van der Waals surface area contributed by atoms with Gasteiger partial charge in [-0.1, -0.05) is 13.0 Å². The molecule has 0 radical (unpaired) electrons. The van der Waals surface area contributed by atoms with Gasteiger partial charge in [-0.25, -0.2) is 9.97 Å². The van der Waals surface area contributed by atoms with E-state index in [1.54, 1.807) is 12.6 Å². The van der Waals surface area contributed by atoms with E-state index in [0.29, 0.717) is 5.56 Å². The zero-order valence-corrected chi connectivity index (χ0v) is 18.4. The van der Waals surface area contributed by atoms with Gasteiger partial charge in [0.15, 0.2) is 0 Å². The Kier molecular flexibility index (Phi) is 5.94. The van der Waals surface area contributed by atoms with Crippen LogP contribution in [0, 0.1) is 0 Å². The van der Waals surface area contributed by atoms with Crippen molar-refractivity contribution in [1.82, 2.24) is 15.3 Å². The zero-order valence-electron chi connectivity index (χ0n) is 18.4. The Hall–Kier alpha value is -3.13. The zero-order chi connectivity index (χ0) is 21.9. The number of hydrogen-bond donors (Lipinski definition) is 1. The second kappa shape index (κ2) is 9.16. The Balaban J connectivity index is 1.28. The van der Waals surface area contributed by atoms with Crippen molar-refractivity contribution in [2.45, 2.75) is 32.2 Å². The van der Waals surface area contributed by atoms with Crippen LogP contribution in [0.3, 0.4) is 0 Å². The Morgan fingerprint density at radius 2 is 1.94 bits per heavy atom. The van der Waals surface area contributed by atoms with Gasteiger partial charge in [-0.05, 0) is 37.0 Å². The first-order chi connectivity index (χ1) is 15.7. The first-order valence-electron chi connectivity index (χ1n) is 11.4. The Labute approximate surface area is 187 Å². The first-order valence-corrected chi connectivity index (χ1v) is 11.4. The summed E-state index contributed by atoms with van der Waals surface area (Å²) in [4.78, 5) is 26.5. The monoisotopic (exact) mass is 435 g/mol. The van der Waals surface area contributed by atoms with E-state index < -0.39 is 0 Å². The molecule has 1 atom stereocenters. The molecule has 8 heteroatoms. The van der Waals surface area contributed by atoms with Crippen LogP contribution in [0.4, 0.5) is 11.6 Å². The van der Waals surface area contributed by atoms with Crippen molar-refractivity contribution in [2.24, 2.45) is 0 Å². The van der Waals surface area contributed by atoms with Crippen molar-refractivity contribution in [3.8, 4) is 0 Å². The van der Waals surface area contributed by atoms with Gasteiger partial charge in [0.05, 0.1) is 18.8 Å². The molecule has 168 valence electrons. The number of hydrogen-bond acceptors (Lipinski definition) is 7. The summed E-state index contributed by atoms with van der Waals surface area (Å²) in [6.45, 7) is 6.87. The van der Waals surface area contributed by atoms with Crippen LogP contribution in [0.1, 0.15) is 35.7 Å². The smallest absolute Gasteiger partial charge is 0.255 e. The largest absolute Gasteiger partial charge is 0.463 e. The fourth-order valence-corrected chi connectivity index (χ4v) is 4.51. The fraction of sp³-hybridized carbons (Fsp3) is 0.458. The van der Waals surface area contributed by atoms with E-state index in [0.717, 1.165) is 81.3 Å². The molecule has 8 nitrogen and oxygen atoms in total. The Morgan fingerprint density at radius 1 is 1.12 bits per heavy atom. The molecule has 3 aromatic rings. The molecule has 1 unspecified atom stereocenters. The number of aromatic nitrogens is 2. The molecule has 32 heavy (non-hydrogen) atoms. The molecule has 2 aliphatic heterocycles. The Morgan fingerprint density at radius 3 is 2.75 bits per heavy atom. The minimum Gasteiger partial charge on any atom is -0.463 e. The first kappa shape index (κ1) is 20.8. The quantitative estimate of drug-likeness (QED) is 0.659. The van der Waals surface area contributed by atoms with Crippen molar-refractivity contribution in [1.29, 1.82) is 0 Å². The summed E-state index contributed by atoms with van der Waals surface area (Å²) >= 11 is 0. The van der Waals surface area contributed by atoms with Crippen LogP contribution in [0.5, 0.6) is 0 Å². The van der Waals surface area contributed by atoms with E-state index >= 15 is 0 Å². The summed E-state index contributed by atoms with van der Waals surface area (Å²) in [5.74, 6) is 1.75. The van der Waals surface area contributed by atoms with Gasteiger partial charge in [0.2, 0.25) is 0 Å². The average Bonchev–Trinajstić information content (AvgIpc) is 3.28. The number of morpholine rings is 1. The van der Waals surface area contributed by atoms with Crippen molar-refractivity contribution in [2.75, 3.05) is 49.2 Å². The number of benzene rings is 1. The molecule has 1 aromatic carbocycles. The molecule has 1 N–H and O–H groups in total. The number of nitrogens with one attached hydrogen (secondary N) is 1. The van der Waals surface area contributed by atoms with Crippen LogP contribution < -0.4 is 15.1 Å². The molecule has 2 fully saturated rings. The number of rotatable bonds is 5. The number of amides is 1. The highest BCUT2D eigenvalue weighted by atomic mass is 16.5. The van der Waals surface area contributed by atoms with Gasteiger partial charge < -0.3 is 24.3 Å². The van der Waals surface area contributed by atoms with Crippen LogP contribution in [0.2, 0.25) is 0 Å². The van der Waals surface area contributed by atoms with Crippen LogP contribution in [0.25, 0.3) is 11.0 Å². The van der Waals surface area contributed by atoms with Crippen molar-refractivity contribution in [3.63, 3.8) is 0 Å². The van der Waals surface area contributed by atoms with Gasteiger partial charge in [-0.2, -0.15) is 0 Å². The second-order valence-electron chi connectivity index (χ2n) is 8.43. The molecule has 5 rings (SSSR count). The van der Waals surface area contributed by atoms with Crippen LogP contribution in [0.15, 0.2) is 41.3 Å². The van der Waals surface area contributed by atoms with Gasteiger partial charge in [-0.3, -0.25) is 4.79 Å². The van der Waals surface area contributed by atoms with Crippen molar-refractivity contribution >= 4 is 28.5 Å². The molecule has 0 saturated carbocycles. The number of carbonyl (C=O) groups is 1. The third-order valence-electron chi connectivity index (χ3n) is 6.34. The summed E-state index contributed by atoms with van der Waals surface area (Å²) in [5.41, 5.74) is 2.54. The molecule has 0 spiro atoms. The van der Waals surface area contributed by atoms with E-state index in [2.05, 4.69) is 38.1 Å². The lowest BCUT2D eigenvalue weighted by molar-refractivity contribution is 0.0934. The summed E-state index contributed by atoms with van der Waals surface area (Å²) in [6, 6.07) is 8.13. The molecule has 0 aliphatic carbocycles. The van der Waals surface area contributed by atoms with Gasteiger partial charge in [0.25, 0.3) is 5.91 Å². The molecule has 0 bridgehead atoms. The Bertz CT molecular complexity index is 1090. The van der Waals surface area contributed by atoms with E-state index in [4.69, 9.17) is 9.15 Å². The summed E-state index contributed by atoms with van der Waals surface area (Å²) < 4.78 is 11.1. The SMILES string of the molecule is CCc1ccc2occ(C(=O)NC3CCCN(c4cc(N5CCOCC5)ncn4)C3)c2c1. The van der Waals surface area contributed by atoms with Crippen LogP contribution in [-0.2, 0) is 11.2 Å². The van der Waals surface area contributed by atoms with Gasteiger partial charge >= 0.3 is 0 Å². The molecule has 2 aliphatic rings. The summed E-state index contributed by atoms with van der Waals surface area (Å²) in [5, 5.41) is 4.09. The highest BCUT2D eigenvalue weighted by molar-refractivity contribution is 6.06. The molecule has 2 saturated heterocycles. The average molecular weight is 436 g/mol. The molecular formula is C24H29N5O3. The number of carbonyl (C=O) groups excluding carboxylic acids is 1. The highest BCUT2D eigenvalue weighted by Gasteiger charge is 2.25. The maximum atomic E-state index is 13.1. The van der Waals surface area contributed by atoms with E-state index in [-0.39, 0.29) is 11.9 Å². The normalized spacial score (nSPS) is 19.3. The maximum absolute atomic E-state index is 13.1. The predicted octanol–water partition coefficient (Wildman–Crippen LogP) is 3.02. The van der Waals surface area contributed by atoms with E-state index in [1.165, 1.54) is 5.56 Å². The lowest BCUT2D eigenvalue weighted by Crippen LogP contribution is -2.48. The van der Waals surface area contributed by atoms with Crippen molar-refractivity contribution < 1.29 is 13.9 Å². The standard InChI is InChI=1S/C24H29N5O3/c1-2-17-5-6-21-19(12-17)20(15-32-21)24(30)27-18-4-3-7-29(14-18)23-13-22(25-16-26-23)28-8-10-31-11-9-28/h5-6,12-13,15-16,18H,2-4,7-11,14H2,1H3,(H,27,30). The number of fused-ring (bicyclic) bond motifs is 1. The van der Waals surface area contributed by atoms with Crippen molar-refractivity contribution in [3.05, 3.63) is 48.0 Å². The van der Waals surface area contributed by atoms with Crippen LogP contribution in [-0.4, -0.2) is 61.3 Å². The second-order valence-corrected chi connectivity index (χ2v) is 8.43. The lowest BCUT2D eigenvalue weighted by Gasteiger charge is -2.34. The van der Waals surface area contributed by atoms with E-state index in [9.17, 15) is 4.79 Å². The summed E-state index contributed by atoms with van der Waals surface area (Å²) in [7, 11) is 0. The fourth-order valence-electron chi connectivity index (χ4n) is 4.51. The highest BCUT2D eigenvalue weighted by Crippen LogP contribution is 2.25. The summed E-state index contributed by atoms with van der Waals surface area (Å²) in [6.07, 6.45) is 6.06. The van der Waals surface area contributed by atoms with Gasteiger partial charge in [0.1, 0.15) is 29.8 Å². The number of ether oxygens (including phenoxy) is 1. The van der Waals surface area contributed by atoms with Crippen LogP contribution >= 0.6 is 0 Å². The van der Waals surface area contributed by atoms with Gasteiger partial charge in [-0.15, -0.1) is 0 Å². The number of furan rings is 1. The van der Waals surface area contributed by atoms with E-state index in [1.807, 2.05) is 18.2 Å². The number of aryl methyl sites for hydroxylation is 1. The molecule has 2 aromatic heterocycles. The minimum absolute atomic E-state index is 0.0531. The maximum Gasteiger partial charge on any atom is 0.255 e. The molecule has 4 heterocycles.